The van der Waals surface area contributed by atoms with E-state index in [1.165, 1.54) is 0 Å². The number of rotatable bonds is 8. The molecule has 6 heteroatoms. The molecule has 0 aliphatic carbocycles. The number of allylic oxidation sites excluding steroid dienone is 4. The lowest BCUT2D eigenvalue weighted by Gasteiger charge is -2.11. The third-order valence-electron chi connectivity index (χ3n) is 5.26. The second-order valence-corrected chi connectivity index (χ2v) is 7.79. The first-order valence-electron chi connectivity index (χ1n) is 11.3. The van der Waals surface area contributed by atoms with Gasteiger partial charge >= 0.3 is 0 Å². The zero-order valence-electron chi connectivity index (χ0n) is 19.7. The van der Waals surface area contributed by atoms with Crippen LogP contribution < -0.4 is 15.4 Å². The second-order valence-electron chi connectivity index (χ2n) is 7.79. The molecule has 2 N–H and O–H groups in total. The van der Waals surface area contributed by atoms with Gasteiger partial charge in [-0.2, -0.15) is 5.26 Å². The number of nitriles is 1. The predicted octanol–water partition coefficient (Wildman–Crippen LogP) is 7.13. The van der Waals surface area contributed by atoms with Gasteiger partial charge in [0.05, 0.1) is 17.1 Å². The van der Waals surface area contributed by atoms with Crippen LogP contribution in [0.3, 0.4) is 0 Å². The van der Waals surface area contributed by atoms with Gasteiger partial charge in [0.25, 0.3) is 5.91 Å². The lowest BCUT2D eigenvalue weighted by molar-refractivity contribution is 0.102. The molecule has 0 radical (unpaired) electrons. The number of anilines is 3. The van der Waals surface area contributed by atoms with Crippen molar-refractivity contribution in [2.24, 2.45) is 0 Å². The molecule has 176 valence electrons. The number of nitrogens with zero attached hydrogens (tertiary/aromatic N) is 2. The van der Waals surface area contributed by atoms with Crippen LogP contribution >= 0.6 is 0 Å². The number of hydrogen-bond donors (Lipinski definition) is 2. The van der Waals surface area contributed by atoms with Crippen molar-refractivity contribution in [3.05, 3.63) is 127 Å². The maximum Gasteiger partial charge on any atom is 0.255 e. The fraction of sp³-hybridized carbons (Fsp3) is 0.0333. The number of aromatic nitrogens is 1. The number of amides is 1. The lowest BCUT2D eigenvalue weighted by atomic mass is 10.1. The Morgan fingerprint density at radius 2 is 1.78 bits per heavy atom. The molecule has 0 fully saturated rings. The first-order valence-corrected chi connectivity index (χ1v) is 11.3. The number of nitrogens with one attached hydrogen (secondary N) is 2. The van der Waals surface area contributed by atoms with Gasteiger partial charge in [-0.05, 0) is 91.9 Å². The van der Waals surface area contributed by atoms with Crippen LogP contribution in [0, 0.1) is 11.3 Å². The van der Waals surface area contributed by atoms with Gasteiger partial charge in [0.1, 0.15) is 11.5 Å². The largest absolute Gasteiger partial charge is 0.457 e. The Bertz CT molecular complexity index is 1500. The predicted molar refractivity (Wildman–Crippen MR) is 144 cm³/mol. The van der Waals surface area contributed by atoms with Crippen LogP contribution in [0.5, 0.6) is 5.75 Å². The van der Waals surface area contributed by atoms with E-state index >= 15 is 0 Å². The van der Waals surface area contributed by atoms with Gasteiger partial charge in [0.15, 0.2) is 0 Å². The van der Waals surface area contributed by atoms with E-state index in [-0.39, 0.29) is 5.91 Å². The number of hydrogen-bond acceptors (Lipinski definition) is 5. The molecule has 36 heavy (non-hydrogen) atoms. The maximum atomic E-state index is 12.7. The maximum absolute atomic E-state index is 12.7. The Kier molecular flexibility index (Phi) is 7.54. The highest BCUT2D eigenvalue weighted by Gasteiger charge is 2.08. The topological polar surface area (TPSA) is 87.0 Å². The van der Waals surface area contributed by atoms with Gasteiger partial charge in [-0.15, -0.1) is 0 Å². The molecule has 0 unspecified atom stereocenters. The standard InChI is InChI=1S/C30H24N4O2/c1-3-5-25(6-4-2)36-26-14-12-24(13-15-26)34-30(35)22-8-10-23(11-9-22)33-29-17-18-32-28-16-7-21(20-31)19-27(28)29/h3-19H,1H2,2H3,(H,32,33)(H,34,35)/b6-4-,25-5+. The van der Waals surface area contributed by atoms with Crippen LogP contribution in [0.4, 0.5) is 17.1 Å². The Morgan fingerprint density at radius 3 is 2.47 bits per heavy atom. The van der Waals surface area contributed by atoms with Crippen molar-refractivity contribution in [3.8, 4) is 11.8 Å². The van der Waals surface area contributed by atoms with E-state index in [0.717, 1.165) is 22.3 Å². The average Bonchev–Trinajstić information content (AvgIpc) is 2.90. The number of ether oxygens (including phenoxy) is 1. The van der Waals surface area contributed by atoms with Crippen LogP contribution in [-0.4, -0.2) is 10.9 Å². The Labute approximate surface area is 209 Å². The summed E-state index contributed by atoms with van der Waals surface area (Å²) < 4.78 is 5.81. The summed E-state index contributed by atoms with van der Waals surface area (Å²) in [6.07, 6.45) is 8.88. The summed E-state index contributed by atoms with van der Waals surface area (Å²) in [5.41, 5.74) is 4.19. The molecule has 1 aromatic heterocycles. The normalized spacial score (nSPS) is 11.2. The van der Waals surface area contributed by atoms with Gasteiger partial charge < -0.3 is 15.4 Å². The smallest absolute Gasteiger partial charge is 0.255 e. The molecule has 0 aliphatic rings. The molecule has 0 atom stereocenters. The molecule has 4 rings (SSSR count). The molecule has 0 aliphatic heterocycles. The molecule has 4 aromatic rings. The van der Waals surface area contributed by atoms with Gasteiger partial charge in [0.2, 0.25) is 0 Å². The fourth-order valence-corrected chi connectivity index (χ4v) is 3.53. The van der Waals surface area contributed by atoms with Gasteiger partial charge in [0, 0.05) is 34.2 Å². The Balaban J connectivity index is 1.42. The van der Waals surface area contributed by atoms with Crippen LogP contribution in [0.15, 0.2) is 116 Å². The SMILES string of the molecule is C=C/C=C(\C=C/C)Oc1ccc(NC(=O)c2ccc(Nc3ccnc4ccc(C#N)cc34)cc2)cc1. The average molecular weight is 473 g/mol. The van der Waals surface area contributed by atoms with E-state index in [0.29, 0.717) is 28.3 Å². The van der Waals surface area contributed by atoms with Gasteiger partial charge in [-0.25, -0.2) is 0 Å². The third kappa shape index (κ3) is 5.85. The van der Waals surface area contributed by atoms with E-state index in [1.54, 1.807) is 66.9 Å². The Morgan fingerprint density at radius 1 is 1.03 bits per heavy atom. The van der Waals surface area contributed by atoms with Crippen molar-refractivity contribution in [1.82, 2.24) is 4.98 Å². The molecule has 0 saturated heterocycles. The Hall–Kier alpha value is -5.15. The zero-order valence-corrected chi connectivity index (χ0v) is 19.7. The number of fused-ring (bicyclic) bond motifs is 1. The van der Waals surface area contributed by atoms with Gasteiger partial charge in [-0.1, -0.05) is 18.7 Å². The summed E-state index contributed by atoms with van der Waals surface area (Å²) in [4.78, 5) is 17.1. The number of carbonyl (C=O) groups is 1. The summed E-state index contributed by atoms with van der Waals surface area (Å²) in [6.45, 7) is 5.60. The minimum Gasteiger partial charge on any atom is -0.457 e. The highest BCUT2D eigenvalue weighted by atomic mass is 16.5. The van der Waals surface area contributed by atoms with Gasteiger partial charge in [-0.3, -0.25) is 9.78 Å². The summed E-state index contributed by atoms with van der Waals surface area (Å²) in [7, 11) is 0. The van der Waals surface area contributed by atoms with Crippen molar-refractivity contribution >= 4 is 33.9 Å². The molecule has 1 heterocycles. The number of benzene rings is 3. The summed E-state index contributed by atoms with van der Waals surface area (Å²) >= 11 is 0. The van der Waals surface area contributed by atoms with E-state index < -0.39 is 0 Å². The summed E-state index contributed by atoms with van der Waals surface area (Å²) in [5.74, 6) is 1.10. The second kappa shape index (κ2) is 11.3. The van der Waals surface area contributed by atoms with Crippen molar-refractivity contribution in [2.45, 2.75) is 6.92 Å². The van der Waals surface area contributed by atoms with Crippen molar-refractivity contribution in [1.29, 1.82) is 5.26 Å². The van der Waals surface area contributed by atoms with Crippen LogP contribution in [0.25, 0.3) is 10.9 Å². The van der Waals surface area contributed by atoms with Crippen LogP contribution in [0.2, 0.25) is 0 Å². The fourth-order valence-electron chi connectivity index (χ4n) is 3.53. The lowest BCUT2D eigenvalue weighted by Crippen LogP contribution is -2.11. The van der Waals surface area contributed by atoms with E-state index in [2.05, 4.69) is 28.3 Å². The third-order valence-corrected chi connectivity index (χ3v) is 5.26. The minimum absolute atomic E-state index is 0.218. The molecule has 0 bridgehead atoms. The molecule has 6 nitrogen and oxygen atoms in total. The van der Waals surface area contributed by atoms with Crippen molar-refractivity contribution < 1.29 is 9.53 Å². The van der Waals surface area contributed by atoms with Crippen molar-refractivity contribution in [3.63, 3.8) is 0 Å². The first kappa shape index (κ1) is 24.0. The molecule has 3 aromatic carbocycles. The molecule has 0 saturated carbocycles. The minimum atomic E-state index is -0.218. The molecular weight excluding hydrogens is 448 g/mol. The number of carbonyl (C=O) groups excluding carboxylic acids is 1. The molecular formula is C30H24N4O2. The quantitative estimate of drug-likeness (QED) is 0.210. The first-order chi connectivity index (χ1) is 17.6. The monoisotopic (exact) mass is 472 g/mol. The summed E-state index contributed by atoms with van der Waals surface area (Å²) in [6, 6.07) is 23.7. The van der Waals surface area contributed by atoms with Crippen LogP contribution in [-0.2, 0) is 0 Å². The number of pyridine rings is 1. The highest BCUT2D eigenvalue weighted by Crippen LogP contribution is 2.26. The zero-order chi connectivity index (χ0) is 25.3. The molecule has 0 spiro atoms. The highest BCUT2D eigenvalue weighted by molar-refractivity contribution is 6.04. The van der Waals surface area contributed by atoms with E-state index in [9.17, 15) is 10.1 Å². The summed E-state index contributed by atoms with van der Waals surface area (Å²) in [5, 5.41) is 16.3. The van der Waals surface area contributed by atoms with E-state index in [4.69, 9.17) is 4.74 Å². The van der Waals surface area contributed by atoms with E-state index in [1.807, 2.05) is 43.3 Å². The van der Waals surface area contributed by atoms with Crippen molar-refractivity contribution in [2.75, 3.05) is 10.6 Å². The van der Waals surface area contributed by atoms with Crippen LogP contribution in [0.1, 0.15) is 22.8 Å². The molecule has 1 amide bonds.